The molecule has 1 aliphatic rings. The average Bonchev–Trinajstić information content (AvgIpc) is 3.65. The Kier molecular flexibility index (Phi) is 7.68. The molecule has 2 aromatic carbocycles. The van der Waals surface area contributed by atoms with E-state index in [-0.39, 0.29) is 30.4 Å². The number of hydrogen-bond acceptors (Lipinski definition) is 7. The lowest BCUT2D eigenvalue weighted by molar-refractivity contribution is -0.148. The van der Waals surface area contributed by atoms with Crippen LogP contribution >= 0.6 is 0 Å². The Balaban J connectivity index is 1.36. The first-order chi connectivity index (χ1) is 21.5. The van der Waals surface area contributed by atoms with Crippen molar-refractivity contribution in [1.29, 1.82) is 0 Å². The summed E-state index contributed by atoms with van der Waals surface area (Å²) in [5.41, 5.74) is 2.02. The van der Waals surface area contributed by atoms with Gasteiger partial charge in [-0.1, -0.05) is 18.2 Å². The summed E-state index contributed by atoms with van der Waals surface area (Å²) in [5.74, 6) is -0.852. The van der Waals surface area contributed by atoms with Crippen molar-refractivity contribution in [3.63, 3.8) is 0 Å². The van der Waals surface area contributed by atoms with Crippen LogP contribution in [0.2, 0.25) is 0 Å². The summed E-state index contributed by atoms with van der Waals surface area (Å²) in [6, 6.07) is 12.4. The number of ether oxygens (including phenoxy) is 2. The van der Waals surface area contributed by atoms with E-state index < -0.39 is 42.6 Å². The smallest absolute Gasteiger partial charge is 0.449 e. The number of H-pyrrole nitrogens is 1. The summed E-state index contributed by atoms with van der Waals surface area (Å²) in [4.78, 5) is 42.8. The number of pyridine rings is 1. The topological polar surface area (TPSA) is 147 Å². The van der Waals surface area contributed by atoms with Crippen LogP contribution in [0.25, 0.3) is 33.2 Å². The third-order valence-electron chi connectivity index (χ3n) is 7.84. The molecule has 3 aromatic heterocycles. The van der Waals surface area contributed by atoms with Gasteiger partial charge in [0.25, 0.3) is 0 Å². The predicted molar refractivity (Wildman–Crippen MR) is 156 cm³/mol. The highest BCUT2D eigenvalue weighted by Crippen LogP contribution is 2.36. The van der Waals surface area contributed by atoms with E-state index >= 15 is 0 Å². The van der Waals surface area contributed by atoms with E-state index in [0.29, 0.717) is 28.7 Å². The Labute approximate surface area is 253 Å². The third kappa shape index (κ3) is 5.80. The second-order valence-corrected chi connectivity index (χ2v) is 10.6. The Morgan fingerprint density at radius 2 is 1.89 bits per heavy atom. The number of amides is 2. The van der Waals surface area contributed by atoms with Crippen LogP contribution in [0.4, 0.5) is 18.0 Å². The zero-order chi connectivity index (χ0) is 31.9. The molecule has 4 heterocycles. The number of carbonyl (C=O) groups is 2. The third-order valence-corrected chi connectivity index (χ3v) is 7.84. The van der Waals surface area contributed by atoms with Crippen molar-refractivity contribution in [1.82, 2.24) is 34.7 Å². The molecule has 0 unspecified atom stereocenters. The van der Waals surface area contributed by atoms with Crippen molar-refractivity contribution in [2.45, 2.75) is 37.6 Å². The maximum absolute atomic E-state index is 14.1. The molecule has 5 aromatic rings. The van der Waals surface area contributed by atoms with Crippen molar-refractivity contribution in [3.05, 3.63) is 66.4 Å². The number of aromatic nitrogens is 5. The molecular weight excluding hydrogens is 595 g/mol. The first-order valence-electron chi connectivity index (χ1n) is 13.9. The van der Waals surface area contributed by atoms with Crippen LogP contribution in [0, 0.1) is 0 Å². The molecule has 0 saturated carbocycles. The molecule has 6 rings (SSSR count). The summed E-state index contributed by atoms with van der Waals surface area (Å²) < 4.78 is 53.7. The number of likely N-dealkylation sites (tertiary alicyclic amines) is 1. The van der Waals surface area contributed by atoms with E-state index in [0.717, 1.165) is 15.5 Å². The highest BCUT2D eigenvalue weighted by Gasteiger charge is 2.40. The number of fused-ring (bicyclic) bond motifs is 2. The highest BCUT2D eigenvalue weighted by molar-refractivity contribution is 5.86. The minimum absolute atomic E-state index is 0.0606. The molecule has 2 atom stereocenters. The number of aromatic amines is 1. The van der Waals surface area contributed by atoms with Gasteiger partial charge in [-0.25, -0.2) is 19.7 Å². The van der Waals surface area contributed by atoms with Crippen molar-refractivity contribution >= 4 is 33.9 Å². The Morgan fingerprint density at radius 1 is 1.09 bits per heavy atom. The zero-order valence-electron chi connectivity index (χ0n) is 24.1. The number of nitrogens with one attached hydrogen (secondary N) is 2. The fourth-order valence-electron chi connectivity index (χ4n) is 5.75. The number of nitrogens with zero attached hydrogens (tertiary/aromatic N) is 5. The van der Waals surface area contributed by atoms with E-state index in [1.165, 1.54) is 37.3 Å². The van der Waals surface area contributed by atoms with Gasteiger partial charge in [0.05, 0.1) is 54.3 Å². The Morgan fingerprint density at radius 3 is 2.62 bits per heavy atom. The van der Waals surface area contributed by atoms with Gasteiger partial charge < -0.3 is 34.3 Å². The monoisotopic (exact) mass is 623 g/mol. The van der Waals surface area contributed by atoms with Crippen molar-refractivity contribution in [2.75, 3.05) is 20.8 Å². The number of piperidine rings is 1. The number of carboxylic acid groups (broad SMARTS) is 1. The SMILES string of the molecule is COc1ccc2nc(C(F)(F)F)n(CC(=O)N3CC[C@H](NC(=O)O)C[C@H]3c3ncc(-c4cc5ccccc5nc4OC)[nH]3)c2c1. The number of halogens is 3. The van der Waals surface area contributed by atoms with Gasteiger partial charge in [-0.3, -0.25) is 4.79 Å². The van der Waals surface area contributed by atoms with Crippen LogP contribution in [0.15, 0.2) is 54.7 Å². The van der Waals surface area contributed by atoms with Crippen LogP contribution in [0.1, 0.15) is 30.5 Å². The molecule has 45 heavy (non-hydrogen) atoms. The fraction of sp³-hybridized carbons (Fsp3) is 0.300. The number of benzene rings is 2. The van der Waals surface area contributed by atoms with E-state index in [9.17, 15) is 27.9 Å². The van der Waals surface area contributed by atoms with E-state index in [1.807, 2.05) is 30.3 Å². The van der Waals surface area contributed by atoms with E-state index in [1.54, 1.807) is 6.20 Å². The Bertz CT molecular complexity index is 1900. The zero-order valence-corrected chi connectivity index (χ0v) is 24.1. The largest absolute Gasteiger partial charge is 0.497 e. The first-order valence-corrected chi connectivity index (χ1v) is 13.9. The highest BCUT2D eigenvalue weighted by atomic mass is 19.4. The molecule has 0 aliphatic carbocycles. The summed E-state index contributed by atoms with van der Waals surface area (Å²) in [6.45, 7) is -0.593. The number of alkyl halides is 3. The van der Waals surface area contributed by atoms with Gasteiger partial charge in [0, 0.05) is 24.0 Å². The minimum Gasteiger partial charge on any atom is -0.497 e. The molecule has 12 nitrogen and oxygen atoms in total. The quantitative estimate of drug-likeness (QED) is 0.229. The molecule has 0 bridgehead atoms. The van der Waals surface area contributed by atoms with Crippen molar-refractivity contribution < 1.29 is 37.3 Å². The van der Waals surface area contributed by atoms with Crippen molar-refractivity contribution in [2.24, 2.45) is 0 Å². The number of hydrogen-bond donors (Lipinski definition) is 3. The lowest BCUT2D eigenvalue weighted by Crippen LogP contribution is -2.49. The van der Waals surface area contributed by atoms with Gasteiger partial charge >= 0.3 is 12.3 Å². The average molecular weight is 624 g/mol. The molecule has 1 aliphatic heterocycles. The molecule has 1 fully saturated rings. The second-order valence-electron chi connectivity index (χ2n) is 10.6. The molecule has 3 N–H and O–H groups in total. The van der Waals surface area contributed by atoms with Gasteiger partial charge in [-0.05, 0) is 37.1 Å². The van der Waals surface area contributed by atoms with Gasteiger partial charge in [0.1, 0.15) is 18.1 Å². The number of para-hydroxylation sites is 1. The van der Waals surface area contributed by atoms with Gasteiger partial charge in [0.15, 0.2) is 0 Å². The second kappa shape index (κ2) is 11.6. The van der Waals surface area contributed by atoms with Crippen LogP contribution in [-0.4, -0.2) is 73.3 Å². The summed E-state index contributed by atoms with van der Waals surface area (Å²) in [6.07, 6.45) is -4.09. The molecule has 15 heteroatoms. The lowest BCUT2D eigenvalue weighted by Gasteiger charge is -2.38. The number of carbonyl (C=O) groups excluding carboxylic acids is 1. The number of imidazole rings is 2. The van der Waals surface area contributed by atoms with Crippen LogP contribution in [0.3, 0.4) is 0 Å². The molecule has 0 spiro atoms. The van der Waals surface area contributed by atoms with Crippen LogP contribution in [-0.2, 0) is 17.5 Å². The normalized spacial score (nSPS) is 17.0. The van der Waals surface area contributed by atoms with Crippen LogP contribution < -0.4 is 14.8 Å². The Hall–Kier alpha value is -5.34. The van der Waals surface area contributed by atoms with Gasteiger partial charge in [-0.15, -0.1) is 0 Å². The predicted octanol–water partition coefficient (Wildman–Crippen LogP) is 5.01. The molecule has 234 valence electrons. The molecule has 0 radical (unpaired) electrons. The molecule has 2 amide bonds. The molecule has 1 saturated heterocycles. The van der Waals surface area contributed by atoms with E-state index in [4.69, 9.17) is 9.47 Å². The summed E-state index contributed by atoms with van der Waals surface area (Å²) in [5, 5.41) is 12.7. The van der Waals surface area contributed by atoms with Crippen LogP contribution in [0.5, 0.6) is 11.6 Å². The minimum atomic E-state index is -4.83. The fourth-order valence-corrected chi connectivity index (χ4v) is 5.75. The number of rotatable bonds is 7. The molecular formula is C30H28F3N7O5. The summed E-state index contributed by atoms with van der Waals surface area (Å²) >= 11 is 0. The lowest BCUT2D eigenvalue weighted by atomic mass is 9.96. The summed E-state index contributed by atoms with van der Waals surface area (Å²) in [7, 11) is 2.88. The maximum atomic E-state index is 14.1. The van der Waals surface area contributed by atoms with Gasteiger partial charge in [0.2, 0.25) is 17.6 Å². The van der Waals surface area contributed by atoms with E-state index in [2.05, 4.69) is 25.3 Å². The first kappa shape index (κ1) is 29.7. The van der Waals surface area contributed by atoms with Gasteiger partial charge in [-0.2, -0.15) is 13.2 Å². The number of methoxy groups -OCH3 is 2. The maximum Gasteiger partial charge on any atom is 0.449 e. The standard InChI is InChI=1S/C30H28F3N7O5/c1-44-18-7-8-21-23(13-18)40(28(38-21)30(31,32)33)15-25(41)39-10-9-17(35-29(42)43)12-24(39)26-34-14-22(36-26)19-11-16-5-3-4-6-20(16)37-27(19)45-2/h3-8,11,13-14,17,24,35H,9-10,12,15H2,1-2H3,(H,34,36)(H,42,43)/t17-,24-/m0/s1. The van der Waals surface area contributed by atoms with Crippen molar-refractivity contribution in [3.8, 4) is 22.9 Å².